The van der Waals surface area contributed by atoms with Gasteiger partial charge in [0, 0.05) is 13.7 Å². The standard InChI is InChI=1S/C14H26O5/c1-5-14(3,13(15)19-6-2)7-8-17-11-12-18-10-9-16-4/h5H,1,6-12H2,2-4H3. The lowest BCUT2D eigenvalue weighted by Crippen LogP contribution is -2.29. The zero-order valence-corrected chi connectivity index (χ0v) is 12.3. The maximum atomic E-state index is 11.7. The third-order valence-corrected chi connectivity index (χ3v) is 2.76. The quantitative estimate of drug-likeness (QED) is 0.309. The van der Waals surface area contributed by atoms with Gasteiger partial charge in [0.15, 0.2) is 0 Å². The first kappa shape index (κ1) is 18.1. The molecule has 0 saturated heterocycles. The van der Waals surface area contributed by atoms with Crippen LogP contribution in [0.4, 0.5) is 0 Å². The molecule has 0 aromatic rings. The summed E-state index contributed by atoms with van der Waals surface area (Å²) in [5.41, 5.74) is -0.688. The lowest BCUT2D eigenvalue weighted by molar-refractivity contribution is -0.152. The van der Waals surface area contributed by atoms with Gasteiger partial charge in [-0.3, -0.25) is 4.79 Å². The van der Waals surface area contributed by atoms with Crippen LogP contribution in [0.5, 0.6) is 0 Å². The van der Waals surface area contributed by atoms with Gasteiger partial charge in [-0.2, -0.15) is 0 Å². The molecule has 0 amide bonds. The highest BCUT2D eigenvalue weighted by molar-refractivity contribution is 5.78. The summed E-state index contributed by atoms with van der Waals surface area (Å²) < 4.78 is 20.5. The molecule has 0 aliphatic rings. The number of rotatable bonds is 12. The maximum Gasteiger partial charge on any atom is 0.315 e. The number of methoxy groups -OCH3 is 1. The Labute approximate surface area is 115 Å². The SMILES string of the molecule is C=CC(C)(CCOCCOCCOC)C(=O)OCC. The van der Waals surface area contributed by atoms with Crippen LogP contribution in [-0.2, 0) is 23.7 Å². The van der Waals surface area contributed by atoms with Crippen molar-refractivity contribution >= 4 is 5.97 Å². The van der Waals surface area contributed by atoms with E-state index in [0.717, 1.165) is 0 Å². The van der Waals surface area contributed by atoms with Crippen LogP contribution < -0.4 is 0 Å². The lowest BCUT2D eigenvalue weighted by Gasteiger charge is -2.23. The van der Waals surface area contributed by atoms with Crippen LogP contribution in [0.2, 0.25) is 0 Å². The molecule has 112 valence electrons. The minimum atomic E-state index is -0.688. The number of carbonyl (C=O) groups is 1. The summed E-state index contributed by atoms with van der Waals surface area (Å²) in [5.74, 6) is -0.259. The number of hydrogen-bond donors (Lipinski definition) is 0. The lowest BCUT2D eigenvalue weighted by atomic mass is 9.87. The van der Waals surface area contributed by atoms with Crippen LogP contribution >= 0.6 is 0 Å². The number of hydrogen-bond acceptors (Lipinski definition) is 5. The van der Waals surface area contributed by atoms with Crippen LogP contribution in [0.25, 0.3) is 0 Å². The van der Waals surface area contributed by atoms with Crippen molar-refractivity contribution in [2.75, 3.05) is 46.8 Å². The highest BCUT2D eigenvalue weighted by atomic mass is 16.5. The van der Waals surface area contributed by atoms with E-state index in [0.29, 0.717) is 46.1 Å². The van der Waals surface area contributed by atoms with Crippen LogP contribution in [-0.4, -0.2) is 52.7 Å². The molecule has 0 spiro atoms. The summed E-state index contributed by atoms with van der Waals surface area (Å²) in [7, 11) is 1.63. The van der Waals surface area contributed by atoms with Crippen molar-refractivity contribution in [3.63, 3.8) is 0 Å². The molecule has 0 bridgehead atoms. The summed E-state index contributed by atoms with van der Waals surface area (Å²) in [6.07, 6.45) is 2.16. The van der Waals surface area contributed by atoms with Gasteiger partial charge in [0.1, 0.15) is 0 Å². The van der Waals surface area contributed by atoms with Crippen molar-refractivity contribution < 1.29 is 23.7 Å². The van der Waals surface area contributed by atoms with Gasteiger partial charge < -0.3 is 18.9 Å². The van der Waals surface area contributed by atoms with Gasteiger partial charge in [0.05, 0.1) is 38.4 Å². The normalized spacial score (nSPS) is 13.8. The highest BCUT2D eigenvalue weighted by Gasteiger charge is 2.30. The molecule has 1 atom stereocenters. The first-order valence-corrected chi connectivity index (χ1v) is 6.56. The number of carbonyl (C=O) groups excluding carboxylic acids is 1. The van der Waals surface area contributed by atoms with E-state index in [2.05, 4.69) is 6.58 Å². The zero-order chi connectivity index (χ0) is 14.6. The Bertz CT molecular complexity index is 254. The molecular formula is C14H26O5. The first-order chi connectivity index (χ1) is 9.10. The van der Waals surface area contributed by atoms with Crippen molar-refractivity contribution in [2.24, 2.45) is 5.41 Å². The summed E-state index contributed by atoms with van der Waals surface area (Å²) >= 11 is 0. The van der Waals surface area contributed by atoms with Crippen LogP contribution in [0, 0.1) is 5.41 Å². The van der Waals surface area contributed by atoms with Crippen molar-refractivity contribution in [2.45, 2.75) is 20.3 Å². The zero-order valence-electron chi connectivity index (χ0n) is 12.3. The molecular weight excluding hydrogens is 248 g/mol. The van der Waals surface area contributed by atoms with E-state index in [1.165, 1.54) is 0 Å². The Morgan fingerprint density at radius 2 is 1.74 bits per heavy atom. The molecule has 5 heteroatoms. The topological polar surface area (TPSA) is 54.0 Å². The van der Waals surface area contributed by atoms with E-state index >= 15 is 0 Å². The van der Waals surface area contributed by atoms with E-state index in [1.54, 1.807) is 27.0 Å². The fourth-order valence-electron chi connectivity index (χ4n) is 1.33. The van der Waals surface area contributed by atoms with Gasteiger partial charge in [-0.1, -0.05) is 6.08 Å². The Morgan fingerprint density at radius 3 is 2.26 bits per heavy atom. The van der Waals surface area contributed by atoms with Crippen molar-refractivity contribution in [3.05, 3.63) is 12.7 Å². The smallest absolute Gasteiger partial charge is 0.315 e. The van der Waals surface area contributed by atoms with Gasteiger partial charge in [-0.25, -0.2) is 0 Å². The van der Waals surface area contributed by atoms with Gasteiger partial charge in [-0.15, -0.1) is 6.58 Å². The van der Waals surface area contributed by atoms with E-state index < -0.39 is 5.41 Å². The molecule has 0 saturated carbocycles. The molecule has 0 aliphatic heterocycles. The molecule has 0 aromatic carbocycles. The molecule has 19 heavy (non-hydrogen) atoms. The van der Waals surface area contributed by atoms with Gasteiger partial charge in [0.25, 0.3) is 0 Å². The van der Waals surface area contributed by atoms with Gasteiger partial charge in [-0.05, 0) is 20.3 Å². The average Bonchev–Trinajstić information content (AvgIpc) is 2.41. The largest absolute Gasteiger partial charge is 0.465 e. The fraction of sp³-hybridized carbons (Fsp3) is 0.786. The molecule has 0 aromatic heterocycles. The molecule has 0 fully saturated rings. The van der Waals surface area contributed by atoms with E-state index in [-0.39, 0.29) is 5.97 Å². The average molecular weight is 274 g/mol. The Kier molecular flexibility index (Phi) is 10.4. The molecule has 5 nitrogen and oxygen atoms in total. The summed E-state index contributed by atoms with van der Waals surface area (Å²) in [6.45, 7) is 10.3. The predicted molar refractivity (Wildman–Crippen MR) is 73.1 cm³/mol. The van der Waals surface area contributed by atoms with E-state index in [9.17, 15) is 4.79 Å². The van der Waals surface area contributed by atoms with Crippen LogP contribution in [0.1, 0.15) is 20.3 Å². The van der Waals surface area contributed by atoms with E-state index in [4.69, 9.17) is 18.9 Å². The Morgan fingerprint density at radius 1 is 1.16 bits per heavy atom. The maximum absolute atomic E-state index is 11.7. The molecule has 0 N–H and O–H groups in total. The fourth-order valence-corrected chi connectivity index (χ4v) is 1.33. The minimum Gasteiger partial charge on any atom is -0.465 e. The van der Waals surface area contributed by atoms with Gasteiger partial charge in [0.2, 0.25) is 0 Å². The monoisotopic (exact) mass is 274 g/mol. The van der Waals surface area contributed by atoms with Crippen LogP contribution in [0.3, 0.4) is 0 Å². The van der Waals surface area contributed by atoms with Crippen LogP contribution in [0.15, 0.2) is 12.7 Å². The predicted octanol–water partition coefficient (Wildman–Crippen LogP) is 1.81. The second-order valence-corrected chi connectivity index (χ2v) is 4.31. The first-order valence-electron chi connectivity index (χ1n) is 6.56. The second-order valence-electron chi connectivity index (χ2n) is 4.31. The summed E-state index contributed by atoms with van der Waals surface area (Å²) in [6, 6.07) is 0. The molecule has 0 radical (unpaired) electrons. The molecule has 1 unspecified atom stereocenters. The van der Waals surface area contributed by atoms with Gasteiger partial charge >= 0.3 is 5.97 Å². The minimum absolute atomic E-state index is 0.259. The van der Waals surface area contributed by atoms with Crippen molar-refractivity contribution in [1.82, 2.24) is 0 Å². The van der Waals surface area contributed by atoms with Crippen molar-refractivity contribution in [3.8, 4) is 0 Å². The third-order valence-electron chi connectivity index (χ3n) is 2.76. The number of ether oxygens (including phenoxy) is 4. The molecule has 0 aliphatic carbocycles. The molecule has 0 rings (SSSR count). The number of esters is 1. The van der Waals surface area contributed by atoms with Crippen molar-refractivity contribution in [1.29, 1.82) is 0 Å². The third kappa shape index (κ3) is 7.97. The summed E-state index contributed by atoms with van der Waals surface area (Å²) in [5, 5.41) is 0. The highest BCUT2D eigenvalue weighted by Crippen LogP contribution is 2.24. The Hall–Kier alpha value is -0.910. The molecule has 0 heterocycles. The van der Waals surface area contributed by atoms with E-state index in [1.807, 2.05) is 0 Å². The Balaban J connectivity index is 3.72. The summed E-state index contributed by atoms with van der Waals surface area (Å²) in [4.78, 5) is 11.7. The second kappa shape index (κ2) is 11.0.